The van der Waals surface area contributed by atoms with Gasteiger partial charge in [-0.2, -0.15) is 5.26 Å². The summed E-state index contributed by atoms with van der Waals surface area (Å²) in [6, 6.07) is 7.60. The van der Waals surface area contributed by atoms with E-state index < -0.39 is 0 Å². The van der Waals surface area contributed by atoms with Crippen molar-refractivity contribution in [3.05, 3.63) is 23.8 Å². The molecule has 2 rings (SSSR count). The first-order valence-corrected chi connectivity index (χ1v) is 7.80. The number of nitrogens with one attached hydrogen (secondary N) is 1. The SMILES string of the molecule is COc1ccc(OC)c(CCNCC(=O)N2CCC[C@H]2C#N)c1.Cl. The summed E-state index contributed by atoms with van der Waals surface area (Å²) in [6.07, 6.45) is 2.42. The monoisotopic (exact) mass is 353 g/mol. The minimum Gasteiger partial charge on any atom is -0.497 e. The highest BCUT2D eigenvalue weighted by atomic mass is 35.5. The van der Waals surface area contributed by atoms with E-state index in [4.69, 9.17) is 14.7 Å². The van der Waals surface area contributed by atoms with Crippen molar-refractivity contribution in [2.75, 3.05) is 33.9 Å². The highest BCUT2D eigenvalue weighted by molar-refractivity contribution is 5.85. The van der Waals surface area contributed by atoms with Gasteiger partial charge in [0, 0.05) is 6.54 Å². The number of hydrogen-bond donors (Lipinski definition) is 1. The van der Waals surface area contributed by atoms with E-state index in [9.17, 15) is 4.79 Å². The molecule has 1 saturated heterocycles. The number of benzene rings is 1. The highest BCUT2D eigenvalue weighted by Crippen LogP contribution is 2.24. The zero-order valence-electron chi connectivity index (χ0n) is 14.1. The fraction of sp³-hybridized carbons (Fsp3) is 0.529. The van der Waals surface area contributed by atoms with E-state index in [-0.39, 0.29) is 30.9 Å². The number of rotatable bonds is 7. The number of halogens is 1. The van der Waals surface area contributed by atoms with Gasteiger partial charge < -0.3 is 19.7 Å². The fourth-order valence-corrected chi connectivity index (χ4v) is 2.80. The number of carbonyl (C=O) groups excluding carboxylic acids is 1. The smallest absolute Gasteiger partial charge is 0.237 e. The summed E-state index contributed by atoms with van der Waals surface area (Å²) >= 11 is 0. The van der Waals surface area contributed by atoms with Gasteiger partial charge in [-0.25, -0.2) is 0 Å². The van der Waals surface area contributed by atoms with Crippen molar-refractivity contribution in [3.8, 4) is 17.6 Å². The van der Waals surface area contributed by atoms with Gasteiger partial charge in [-0.05, 0) is 49.6 Å². The van der Waals surface area contributed by atoms with Crippen LogP contribution in [0.2, 0.25) is 0 Å². The van der Waals surface area contributed by atoms with Crippen molar-refractivity contribution in [1.82, 2.24) is 10.2 Å². The van der Waals surface area contributed by atoms with Gasteiger partial charge in [-0.1, -0.05) is 0 Å². The molecule has 1 atom stereocenters. The highest BCUT2D eigenvalue weighted by Gasteiger charge is 2.27. The van der Waals surface area contributed by atoms with Crippen LogP contribution < -0.4 is 14.8 Å². The summed E-state index contributed by atoms with van der Waals surface area (Å²) in [5, 5.41) is 12.2. The lowest BCUT2D eigenvalue weighted by molar-refractivity contribution is -0.130. The van der Waals surface area contributed by atoms with Crippen LogP contribution in [0.1, 0.15) is 18.4 Å². The zero-order chi connectivity index (χ0) is 16.7. The Kier molecular flexibility index (Phi) is 8.37. The Morgan fingerprint density at radius 2 is 2.21 bits per heavy atom. The molecule has 0 radical (unpaired) electrons. The first-order valence-electron chi connectivity index (χ1n) is 7.80. The Morgan fingerprint density at radius 3 is 2.88 bits per heavy atom. The molecule has 1 fully saturated rings. The maximum atomic E-state index is 12.1. The molecule has 0 unspecified atom stereocenters. The van der Waals surface area contributed by atoms with Crippen LogP contribution in [0.25, 0.3) is 0 Å². The molecule has 1 N–H and O–H groups in total. The molecule has 0 aromatic heterocycles. The van der Waals surface area contributed by atoms with Crippen LogP contribution in [0.15, 0.2) is 18.2 Å². The van der Waals surface area contributed by atoms with E-state index in [0.717, 1.165) is 36.3 Å². The third-order valence-corrected chi connectivity index (χ3v) is 4.06. The number of hydrogen-bond acceptors (Lipinski definition) is 5. The molecule has 132 valence electrons. The summed E-state index contributed by atoms with van der Waals surface area (Å²) in [5.74, 6) is 1.58. The van der Waals surface area contributed by atoms with Gasteiger partial charge >= 0.3 is 0 Å². The Morgan fingerprint density at radius 1 is 1.42 bits per heavy atom. The molecule has 0 saturated carbocycles. The van der Waals surface area contributed by atoms with E-state index in [2.05, 4.69) is 11.4 Å². The topological polar surface area (TPSA) is 74.6 Å². The van der Waals surface area contributed by atoms with Crippen molar-refractivity contribution >= 4 is 18.3 Å². The summed E-state index contributed by atoms with van der Waals surface area (Å²) in [4.78, 5) is 13.8. The van der Waals surface area contributed by atoms with Gasteiger partial charge in [0.1, 0.15) is 17.5 Å². The average molecular weight is 354 g/mol. The fourth-order valence-electron chi connectivity index (χ4n) is 2.80. The van der Waals surface area contributed by atoms with Crippen molar-refractivity contribution in [3.63, 3.8) is 0 Å². The molecule has 24 heavy (non-hydrogen) atoms. The van der Waals surface area contributed by atoms with Crippen molar-refractivity contribution < 1.29 is 14.3 Å². The molecule has 0 spiro atoms. The van der Waals surface area contributed by atoms with Crippen LogP contribution >= 0.6 is 12.4 Å². The third kappa shape index (κ3) is 5.02. The van der Waals surface area contributed by atoms with E-state index >= 15 is 0 Å². The lowest BCUT2D eigenvalue weighted by atomic mass is 10.1. The predicted molar refractivity (Wildman–Crippen MR) is 93.7 cm³/mol. The Bertz CT molecular complexity index is 589. The molecular formula is C17H24ClN3O3. The van der Waals surface area contributed by atoms with E-state index in [1.165, 1.54) is 0 Å². The van der Waals surface area contributed by atoms with E-state index in [1.807, 2.05) is 18.2 Å². The molecule has 7 heteroatoms. The van der Waals surface area contributed by atoms with Crippen LogP contribution in [0.3, 0.4) is 0 Å². The van der Waals surface area contributed by atoms with Crippen LogP contribution in [-0.2, 0) is 11.2 Å². The summed E-state index contributed by atoms with van der Waals surface area (Å²) in [7, 11) is 3.27. The van der Waals surface area contributed by atoms with Crippen molar-refractivity contribution in [2.45, 2.75) is 25.3 Å². The molecular weight excluding hydrogens is 330 g/mol. The first-order chi connectivity index (χ1) is 11.2. The molecule has 1 aliphatic heterocycles. The predicted octanol–water partition coefficient (Wildman–Crippen LogP) is 1.77. The quantitative estimate of drug-likeness (QED) is 0.756. The van der Waals surface area contributed by atoms with Gasteiger partial charge in [0.2, 0.25) is 5.91 Å². The van der Waals surface area contributed by atoms with Crippen molar-refractivity contribution in [1.29, 1.82) is 5.26 Å². The average Bonchev–Trinajstić information content (AvgIpc) is 3.07. The Balaban J connectivity index is 0.00000288. The van der Waals surface area contributed by atoms with Crippen LogP contribution in [-0.4, -0.2) is 50.7 Å². The molecule has 1 aliphatic rings. The largest absolute Gasteiger partial charge is 0.497 e. The van der Waals surface area contributed by atoms with Gasteiger partial charge in [-0.15, -0.1) is 12.4 Å². The van der Waals surface area contributed by atoms with Crippen LogP contribution in [0.4, 0.5) is 0 Å². The molecule has 0 aliphatic carbocycles. The zero-order valence-corrected chi connectivity index (χ0v) is 14.9. The molecule has 0 bridgehead atoms. The maximum Gasteiger partial charge on any atom is 0.237 e. The van der Waals surface area contributed by atoms with Crippen LogP contribution in [0.5, 0.6) is 11.5 Å². The molecule has 1 heterocycles. The lowest BCUT2D eigenvalue weighted by Crippen LogP contribution is -2.41. The second kappa shape index (κ2) is 10.0. The summed E-state index contributed by atoms with van der Waals surface area (Å²) in [6.45, 7) is 1.59. The van der Waals surface area contributed by atoms with E-state index in [0.29, 0.717) is 13.1 Å². The Labute approximate surface area is 149 Å². The lowest BCUT2D eigenvalue weighted by Gasteiger charge is -2.19. The first kappa shape index (κ1) is 20.1. The summed E-state index contributed by atoms with van der Waals surface area (Å²) in [5.41, 5.74) is 1.03. The molecule has 1 aromatic rings. The standard InChI is InChI=1S/C17H23N3O3.ClH/c1-22-15-5-6-16(23-2)13(10-15)7-8-19-12-17(21)20-9-3-4-14(20)11-18;/h5-6,10,14,19H,3-4,7-9,12H2,1-2H3;1H/t14-;/m0./s1. The van der Waals surface area contributed by atoms with Gasteiger partial charge in [0.15, 0.2) is 0 Å². The van der Waals surface area contributed by atoms with Gasteiger partial charge in [0.25, 0.3) is 0 Å². The number of amides is 1. The number of likely N-dealkylation sites (tertiary alicyclic amines) is 1. The third-order valence-electron chi connectivity index (χ3n) is 4.06. The second-order valence-corrected chi connectivity index (χ2v) is 5.48. The Hall–Kier alpha value is -1.97. The van der Waals surface area contributed by atoms with Gasteiger partial charge in [0.05, 0.1) is 26.8 Å². The summed E-state index contributed by atoms with van der Waals surface area (Å²) < 4.78 is 10.6. The van der Waals surface area contributed by atoms with Crippen LogP contribution in [0, 0.1) is 11.3 Å². The van der Waals surface area contributed by atoms with E-state index in [1.54, 1.807) is 19.1 Å². The number of nitrogens with zero attached hydrogens (tertiary/aromatic N) is 2. The number of ether oxygens (including phenoxy) is 2. The number of carbonyl (C=O) groups is 1. The number of methoxy groups -OCH3 is 2. The second-order valence-electron chi connectivity index (χ2n) is 5.48. The normalized spacial score (nSPS) is 16.2. The number of nitriles is 1. The molecule has 1 amide bonds. The van der Waals surface area contributed by atoms with Crippen molar-refractivity contribution in [2.24, 2.45) is 0 Å². The molecule has 6 nitrogen and oxygen atoms in total. The van der Waals surface area contributed by atoms with Gasteiger partial charge in [-0.3, -0.25) is 4.79 Å². The molecule has 1 aromatic carbocycles. The minimum atomic E-state index is -0.261. The maximum absolute atomic E-state index is 12.1. The minimum absolute atomic E-state index is 0.